The van der Waals surface area contributed by atoms with Gasteiger partial charge in [0, 0.05) is 12.2 Å². The van der Waals surface area contributed by atoms with Crippen LogP contribution in [-0.4, -0.2) is 30.1 Å². The molecule has 1 aromatic carbocycles. The van der Waals surface area contributed by atoms with E-state index in [1.54, 1.807) is 19.1 Å². The Bertz CT molecular complexity index is 548. The van der Waals surface area contributed by atoms with E-state index >= 15 is 0 Å². The first-order valence-corrected chi connectivity index (χ1v) is 7.34. The first-order chi connectivity index (χ1) is 9.98. The van der Waals surface area contributed by atoms with E-state index in [1.165, 1.54) is 6.07 Å². The van der Waals surface area contributed by atoms with Gasteiger partial charge in [-0.25, -0.2) is 4.79 Å². The van der Waals surface area contributed by atoms with Gasteiger partial charge >= 0.3 is 5.97 Å². The molecule has 114 valence electrons. The topological polar surface area (TPSA) is 78.4 Å². The SMILES string of the molecule is CCC1(C(=O)Nc2ccc(C(=O)O)c(C)c2)CCCNC1. The molecular weight excluding hydrogens is 268 g/mol. The van der Waals surface area contributed by atoms with E-state index in [1.807, 2.05) is 6.92 Å². The van der Waals surface area contributed by atoms with Gasteiger partial charge in [-0.3, -0.25) is 4.79 Å². The average Bonchev–Trinajstić information content (AvgIpc) is 2.47. The standard InChI is InChI=1S/C16H22N2O3/c1-3-16(7-4-8-17-10-16)15(21)18-12-5-6-13(14(19)20)11(2)9-12/h5-6,9,17H,3-4,7-8,10H2,1-2H3,(H,18,21)(H,19,20). The molecule has 5 heteroatoms. The molecule has 1 saturated heterocycles. The highest BCUT2D eigenvalue weighted by molar-refractivity contribution is 5.96. The molecule has 0 spiro atoms. The van der Waals surface area contributed by atoms with Crippen molar-refractivity contribution in [1.29, 1.82) is 0 Å². The third kappa shape index (κ3) is 3.24. The smallest absolute Gasteiger partial charge is 0.335 e. The van der Waals surface area contributed by atoms with Crippen molar-refractivity contribution in [2.75, 3.05) is 18.4 Å². The van der Waals surface area contributed by atoms with E-state index in [4.69, 9.17) is 5.11 Å². The molecule has 0 aromatic heterocycles. The zero-order chi connectivity index (χ0) is 15.5. The Morgan fingerprint density at radius 3 is 2.71 bits per heavy atom. The van der Waals surface area contributed by atoms with E-state index in [0.717, 1.165) is 25.8 Å². The lowest BCUT2D eigenvalue weighted by molar-refractivity contribution is -0.126. The fraction of sp³-hybridized carbons (Fsp3) is 0.500. The molecule has 0 bridgehead atoms. The van der Waals surface area contributed by atoms with Crippen LogP contribution in [-0.2, 0) is 4.79 Å². The third-order valence-corrected chi connectivity index (χ3v) is 4.35. The Hall–Kier alpha value is -1.88. The summed E-state index contributed by atoms with van der Waals surface area (Å²) in [5.74, 6) is -0.938. The first-order valence-electron chi connectivity index (χ1n) is 7.34. The number of hydrogen-bond donors (Lipinski definition) is 3. The number of carbonyl (C=O) groups excluding carboxylic acids is 1. The largest absolute Gasteiger partial charge is 0.478 e. The fourth-order valence-electron chi connectivity index (χ4n) is 2.87. The highest BCUT2D eigenvalue weighted by Crippen LogP contribution is 2.31. The Labute approximate surface area is 124 Å². The number of carbonyl (C=O) groups is 2. The Morgan fingerprint density at radius 1 is 1.43 bits per heavy atom. The zero-order valence-electron chi connectivity index (χ0n) is 12.5. The quantitative estimate of drug-likeness (QED) is 0.795. The van der Waals surface area contributed by atoms with Gasteiger partial charge in [-0.15, -0.1) is 0 Å². The van der Waals surface area contributed by atoms with E-state index in [0.29, 0.717) is 17.8 Å². The minimum absolute atomic E-state index is 0.0136. The predicted molar refractivity (Wildman–Crippen MR) is 81.6 cm³/mol. The maximum Gasteiger partial charge on any atom is 0.335 e. The molecule has 0 aliphatic carbocycles. The molecule has 5 nitrogen and oxygen atoms in total. The lowest BCUT2D eigenvalue weighted by Crippen LogP contribution is -2.47. The Morgan fingerprint density at radius 2 is 2.19 bits per heavy atom. The van der Waals surface area contributed by atoms with E-state index in [9.17, 15) is 9.59 Å². The Balaban J connectivity index is 2.15. The second kappa shape index (κ2) is 6.26. The lowest BCUT2D eigenvalue weighted by atomic mass is 9.77. The first kappa shape index (κ1) is 15.5. The monoisotopic (exact) mass is 290 g/mol. The van der Waals surface area contributed by atoms with Crippen LogP contribution in [0, 0.1) is 12.3 Å². The normalized spacial score (nSPS) is 21.8. The summed E-state index contributed by atoms with van der Waals surface area (Å²) in [4.78, 5) is 23.6. The van der Waals surface area contributed by atoms with Crippen LogP contribution in [0.1, 0.15) is 42.1 Å². The van der Waals surface area contributed by atoms with Crippen molar-refractivity contribution in [1.82, 2.24) is 5.32 Å². The summed E-state index contributed by atoms with van der Waals surface area (Å²) in [7, 11) is 0. The summed E-state index contributed by atoms with van der Waals surface area (Å²) >= 11 is 0. The number of nitrogens with one attached hydrogen (secondary N) is 2. The second-order valence-corrected chi connectivity index (χ2v) is 5.70. The summed E-state index contributed by atoms with van der Waals surface area (Å²) in [5.41, 5.74) is 1.20. The van der Waals surface area contributed by atoms with Gasteiger partial charge < -0.3 is 15.7 Å². The number of amides is 1. The van der Waals surface area contributed by atoms with Crippen molar-refractivity contribution in [2.45, 2.75) is 33.1 Å². The summed E-state index contributed by atoms with van der Waals surface area (Å²) in [6.45, 7) is 5.42. The van der Waals surface area contributed by atoms with Crippen LogP contribution < -0.4 is 10.6 Å². The molecule has 1 fully saturated rings. The molecule has 21 heavy (non-hydrogen) atoms. The van der Waals surface area contributed by atoms with Crippen LogP contribution in [0.4, 0.5) is 5.69 Å². The van der Waals surface area contributed by atoms with Crippen LogP contribution in [0.15, 0.2) is 18.2 Å². The second-order valence-electron chi connectivity index (χ2n) is 5.70. The van der Waals surface area contributed by atoms with Crippen LogP contribution in [0.5, 0.6) is 0 Å². The molecule has 0 saturated carbocycles. The van der Waals surface area contributed by atoms with Gasteiger partial charge in [0.05, 0.1) is 11.0 Å². The van der Waals surface area contributed by atoms with E-state index < -0.39 is 5.97 Å². The third-order valence-electron chi connectivity index (χ3n) is 4.35. The molecule has 1 amide bonds. The molecule has 1 unspecified atom stereocenters. The van der Waals surface area contributed by atoms with Gasteiger partial charge in [-0.2, -0.15) is 0 Å². The van der Waals surface area contributed by atoms with Gasteiger partial charge in [0.25, 0.3) is 0 Å². The number of benzene rings is 1. The highest BCUT2D eigenvalue weighted by Gasteiger charge is 2.37. The summed E-state index contributed by atoms with van der Waals surface area (Å²) in [6, 6.07) is 4.89. The Kier molecular flexibility index (Phi) is 4.63. The molecule has 1 aromatic rings. The number of carboxylic acid groups (broad SMARTS) is 1. The minimum Gasteiger partial charge on any atom is -0.478 e. The molecule has 1 atom stereocenters. The van der Waals surface area contributed by atoms with Gasteiger partial charge in [-0.1, -0.05) is 6.92 Å². The average molecular weight is 290 g/mol. The number of anilines is 1. The molecule has 1 aliphatic rings. The molecule has 1 aliphatic heterocycles. The summed E-state index contributed by atoms with van der Waals surface area (Å²) in [6.07, 6.45) is 2.67. The minimum atomic E-state index is -0.952. The summed E-state index contributed by atoms with van der Waals surface area (Å²) < 4.78 is 0. The molecular formula is C16H22N2O3. The molecule has 2 rings (SSSR count). The molecule has 0 radical (unpaired) electrons. The maximum atomic E-state index is 12.6. The predicted octanol–water partition coefficient (Wildman–Crippen LogP) is 2.41. The van der Waals surface area contributed by atoms with Crippen molar-refractivity contribution in [3.8, 4) is 0 Å². The maximum absolute atomic E-state index is 12.6. The van der Waals surface area contributed by atoms with Crippen LogP contribution >= 0.6 is 0 Å². The molecule has 3 N–H and O–H groups in total. The zero-order valence-corrected chi connectivity index (χ0v) is 12.5. The van der Waals surface area contributed by atoms with Crippen molar-refractivity contribution in [3.63, 3.8) is 0 Å². The van der Waals surface area contributed by atoms with Crippen molar-refractivity contribution >= 4 is 17.6 Å². The van der Waals surface area contributed by atoms with Crippen molar-refractivity contribution in [2.24, 2.45) is 5.41 Å². The number of rotatable bonds is 4. The van der Waals surface area contributed by atoms with Gasteiger partial charge in [0.1, 0.15) is 0 Å². The number of aryl methyl sites for hydroxylation is 1. The highest BCUT2D eigenvalue weighted by atomic mass is 16.4. The molecule has 1 heterocycles. The van der Waals surface area contributed by atoms with Crippen molar-refractivity contribution < 1.29 is 14.7 Å². The van der Waals surface area contributed by atoms with Gasteiger partial charge in [-0.05, 0) is 56.5 Å². The lowest BCUT2D eigenvalue weighted by Gasteiger charge is -2.35. The number of carboxylic acids is 1. The van der Waals surface area contributed by atoms with E-state index in [2.05, 4.69) is 10.6 Å². The van der Waals surface area contributed by atoms with Gasteiger partial charge in [0.15, 0.2) is 0 Å². The fourth-order valence-corrected chi connectivity index (χ4v) is 2.87. The van der Waals surface area contributed by atoms with Crippen LogP contribution in [0.2, 0.25) is 0 Å². The van der Waals surface area contributed by atoms with Crippen molar-refractivity contribution in [3.05, 3.63) is 29.3 Å². The number of piperidine rings is 1. The van der Waals surface area contributed by atoms with Crippen LogP contribution in [0.3, 0.4) is 0 Å². The van der Waals surface area contributed by atoms with Gasteiger partial charge in [0.2, 0.25) is 5.91 Å². The van der Waals surface area contributed by atoms with E-state index in [-0.39, 0.29) is 16.9 Å². The van der Waals surface area contributed by atoms with Crippen LogP contribution in [0.25, 0.3) is 0 Å². The summed E-state index contributed by atoms with van der Waals surface area (Å²) in [5, 5.41) is 15.3. The number of aromatic carboxylic acids is 1. The number of hydrogen-bond acceptors (Lipinski definition) is 3.